The number of thiophene rings is 1. The maximum atomic E-state index is 12.1. The molecule has 1 N–H and O–H groups in total. The van der Waals surface area contributed by atoms with E-state index in [-0.39, 0.29) is 0 Å². The molecule has 0 aliphatic heterocycles. The Morgan fingerprint density at radius 3 is 2.42 bits per heavy atom. The number of rotatable bonds is 6. The van der Waals surface area contributed by atoms with Crippen molar-refractivity contribution in [3.8, 4) is 0 Å². The predicted molar refractivity (Wildman–Crippen MR) is 79.0 cm³/mol. The quantitative estimate of drug-likeness (QED) is 0.890. The summed E-state index contributed by atoms with van der Waals surface area (Å²) in [6.07, 6.45) is 1.63. The third kappa shape index (κ3) is 3.89. The average molecular weight is 295 g/mol. The average Bonchev–Trinajstić information content (AvgIpc) is 2.92. The molecule has 0 amide bonds. The zero-order valence-corrected chi connectivity index (χ0v) is 12.4. The number of nitrogens with one attached hydrogen (secondary N) is 1. The fourth-order valence-electron chi connectivity index (χ4n) is 1.75. The number of hydrogen-bond donors (Lipinski definition) is 1. The highest BCUT2D eigenvalue weighted by Crippen LogP contribution is 2.11. The molecule has 0 bridgehead atoms. The van der Waals surface area contributed by atoms with Crippen molar-refractivity contribution in [2.45, 2.75) is 24.7 Å². The third-order valence-corrected chi connectivity index (χ3v) is 5.14. The highest BCUT2D eigenvalue weighted by molar-refractivity contribution is 7.89. The number of hydrogen-bond acceptors (Lipinski definition) is 3. The van der Waals surface area contributed by atoms with E-state index in [4.69, 9.17) is 0 Å². The van der Waals surface area contributed by atoms with Gasteiger partial charge in [0.15, 0.2) is 0 Å². The van der Waals surface area contributed by atoms with E-state index in [1.165, 1.54) is 0 Å². The normalized spacial score (nSPS) is 11.6. The van der Waals surface area contributed by atoms with E-state index < -0.39 is 10.0 Å². The van der Waals surface area contributed by atoms with Crippen molar-refractivity contribution in [2.24, 2.45) is 0 Å². The lowest BCUT2D eigenvalue weighted by atomic mass is 10.2. The minimum Gasteiger partial charge on any atom is -0.211 e. The Morgan fingerprint density at radius 2 is 1.84 bits per heavy atom. The first-order valence-electron chi connectivity index (χ1n) is 6.21. The minimum atomic E-state index is -3.39. The molecule has 0 fully saturated rings. The molecule has 0 aliphatic rings. The summed E-state index contributed by atoms with van der Waals surface area (Å²) in [5.41, 5.74) is 2.30. The van der Waals surface area contributed by atoms with Crippen molar-refractivity contribution in [1.29, 1.82) is 0 Å². The van der Waals surface area contributed by atoms with E-state index in [0.717, 1.165) is 24.0 Å². The molecule has 1 aromatic carbocycles. The van der Waals surface area contributed by atoms with Crippen molar-refractivity contribution < 1.29 is 8.42 Å². The van der Waals surface area contributed by atoms with Gasteiger partial charge in [-0.05, 0) is 52.9 Å². The summed E-state index contributed by atoms with van der Waals surface area (Å²) in [5, 5.41) is 4.03. The van der Waals surface area contributed by atoms with Crippen LogP contribution in [0, 0.1) is 0 Å². The Morgan fingerprint density at radius 1 is 1.11 bits per heavy atom. The first-order valence-corrected chi connectivity index (χ1v) is 8.64. The van der Waals surface area contributed by atoms with Gasteiger partial charge in [0.1, 0.15) is 0 Å². The Hall–Kier alpha value is -1.17. The van der Waals surface area contributed by atoms with Crippen molar-refractivity contribution in [1.82, 2.24) is 4.72 Å². The zero-order valence-electron chi connectivity index (χ0n) is 10.8. The van der Waals surface area contributed by atoms with E-state index in [1.807, 2.05) is 35.9 Å². The van der Waals surface area contributed by atoms with Gasteiger partial charge in [0.05, 0.1) is 4.90 Å². The van der Waals surface area contributed by atoms with Crippen LogP contribution in [0.25, 0.3) is 0 Å². The maximum Gasteiger partial charge on any atom is 0.240 e. The van der Waals surface area contributed by atoms with E-state index in [2.05, 4.69) is 4.72 Å². The summed E-state index contributed by atoms with van der Waals surface area (Å²) in [4.78, 5) is 0.329. The molecule has 2 rings (SSSR count). The van der Waals surface area contributed by atoms with Gasteiger partial charge in [-0.1, -0.05) is 19.1 Å². The molecule has 0 spiro atoms. The minimum absolute atomic E-state index is 0.329. The molecule has 1 heterocycles. The van der Waals surface area contributed by atoms with Crippen LogP contribution in [-0.4, -0.2) is 15.0 Å². The van der Waals surface area contributed by atoms with E-state index in [0.29, 0.717) is 11.4 Å². The summed E-state index contributed by atoms with van der Waals surface area (Å²) in [5.74, 6) is 0. The summed E-state index contributed by atoms with van der Waals surface area (Å²) < 4.78 is 26.7. The van der Waals surface area contributed by atoms with E-state index in [9.17, 15) is 8.42 Å². The van der Waals surface area contributed by atoms with Crippen LogP contribution in [0.1, 0.15) is 18.1 Å². The Balaban J connectivity index is 1.97. The Labute approximate surface area is 118 Å². The van der Waals surface area contributed by atoms with Gasteiger partial charge < -0.3 is 0 Å². The summed E-state index contributed by atoms with van der Waals surface area (Å²) in [7, 11) is -3.39. The van der Waals surface area contributed by atoms with Gasteiger partial charge in [-0.15, -0.1) is 0 Å². The fraction of sp³-hybridized carbons (Fsp3) is 0.286. The second kappa shape index (κ2) is 6.32. The van der Waals surface area contributed by atoms with Gasteiger partial charge in [0.2, 0.25) is 10.0 Å². The first kappa shape index (κ1) is 14.2. The smallest absolute Gasteiger partial charge is 0.211 e. The molecule has 2 aromatic rings. The maximum absolute atomic E-state index is 12.1. The van der Waals surface area contributed by atoms with Gasteiger partial charge in [0, 0.05) is 6.54 Å². The molecule has 0 saturated carbocycles. The summed E-state index contributed by atoms with van der Waals surface area (Å²) in [6.45, 7) is 2.47. The lowest BCUT2D eigenvalue weighted by Gasteiger charge is -2.06. The molecular formula is C14H17NO2S2. The van der Waals surface area contributed by atoms with Crippen LogP contribution >= 0.6 is 11.3 Å². The first-order chi connectivity index (χ1) is 9.12. The van der Waals surface area contributed by atoms with Crippen molar-refractivity contribution in [3.63, 3.8) is 0 Å². The van der Waals surface area contributed by atoms with Gasteiger partial charge in [-0.2, -0.15) is 11.3 Å². The van der Waals surface area contributed by atoms with E-state index >= 15 is 0 Å². The molecule has 0 aliphatic carbocycles. The van der Waals surface area contributed by atoms with Crippen LogP contribution in [0.2, 0.25) is 0 Å². The number of sulfonamides is 1. The van der Waals surface area contributed by atoms with Crippen LogP contribution in [0.15, 0.2) is 46.0 Å². The highest BCUT2D eigenvalue weighted by atomic mass is 32.2. The summed E-state index contributed by atoms with van der Waals surface area (Å²) >= 11 is 1.62. The van der Waals surface area contributed by atoms with E-state index in [1.54, 1.807) is 23.5 Å². The van der Waals surface area contributed by atoms with Gasteiger partial charge in [-0.25, -0.2) is 13.1 Å². The molecule has 0 saturated heterocycles. The summed E-state index contributed by atoms with van der Waals surface area (Å²) in [6, 6.07) is 9.04. The van der Waals surface area contributed by atoms with Crippen molar-refractivity contribution in [3.05, 3.63) is 52.2 Å². The zero-order chi connectivity index (χ0) is 13.7. The highest BCUT2D eigenvalue weighted by Gasteiger charge is 2.12. The molecular weight excluding hydrogens is 278 g/mol. The second-order valence-electron chi connectivity index (χ2n) is 4.28. The van der Waals surface area contributed by atoms with Crippen LogP contribution in [0.5, 0.6) is 0 Å². The lowest BCUT2D eigenvalue weighted by molar-refractivity contribution is 0.581. The van der Waals surface area contributed by atoms with Crippen LogP contribution in [0.3, 0.4) is 0 Å². The molecule has 5 heteroatoms. The molecule has 3 nitrogen and oxygen atoms in total. The monoisotopic (exact) mass is 295 g/mol. The topological polar surface area (TPSA) is 46.2 Å². The SMILES string of the molecule is CCc1ccc(S(=O)(=O)NCCc2ccsc2)cc1. The molecule has 102 valence electrons. The number of benzene rings is 1. The van der Waals surface area contributed by atoms with Crippen LogP contribution in [0.4, 0.5) is 0 Å². The second-order valence-corrected chi connectivity index (χ2v) is 6.82. The molecule has 0 radical (unpaired) electrons. The molecule has 0 unspecified atom stereocenters. The van der Waals surface area contributed by atoms with Gasteiger partial charge in [0.25, 0.3) is 0 Å². The third-order valence-electron chi connectivity index (χ3n) is 2.93. The van der Waals surface area contributed by atoms with Crippen LogP contribution in [-0.2, 0) is 22.9 Å². The fourth-order valence-corrected chi connectivity index (χ4v) is 3.49. The molecule has 1 aromatic heterocycles. The van der Waals surface area contributed by atoms with Crippen LogP contribution < -0.4 is 4.72 Å². The van der Waals surface area contributed by atoms with Gasteiger partial charge in [-0.3, -0.25) is 0 Å². The molecule has 19 heavy (non-hydrogen) atoms. The largest absolute Gasteiger partial charge is 0.240 e. The number of aryl methyl sites for hydroxylation is 1. The molecule has 0 atom stereocenters. The van der Waals surface area contributed by atoms with Crippen molar-refractivity contribution in [2.75, 3.05) is 6.54 Å². The van der Waals surface area contributed by atoms with Crippen molar-refractivity contribution >= 4 is 21.4 Å². The Kier molecular flexibility index (Phi) is 4.74. The predicted octanol–water partition coefficient (Wildman–Crippen LogP) is 2.83. The lowest BCUT2D eigenvalue weighted by Crippen LogP contribution is -2.25. The Bertz CT molecular complexity index is 601. The van der Waals surface area contributed by atoms with Gasteiger partial charge >= 0.3 is 0 Å². The standard InChI is InChI=1S/C14H17NO2S2/c1-2-12-3-5-14(6-4-12)19(16,17)15-9-7-13-8-10-18-11-13/h3-6,8,10-11,15H,2,7,9H2,1H3.